The summed E-state index contributed by atoms with van der Waals surface area (Å²) in [5, 5.41) is 7.29. The van der Waals surface area contributed by atoms with Crippen molar-refractivity contribution in [3.05, 3.63) is 235 Å². The molecule has 69 heavy (non-hydrogen) atoms. The summed E-state index contributed by atoms with van der Waals surface area (Å²) in [6.45, 7) is 6.93. The molecular weight excluding hydrogens is 857 g/mol. The molecule has 13 rings (SSSR count). The minimum Gasteiger partial charge on any atom is -0.456 e. The minimum absolute atomic E-state index is 0.0682. The van der Waals surface area contributed by atoms with E-state index in [0.29, 0.717) is 0 Å². The van der Waals surface area contributed by atoms with Gasteiger partial charge >= 0.3 is 0 Å². The van der Waals surface area contributed by atoms with E-state index < -0.39 is 0 Å². The van der Waals surface area contributed by atoms with E-state index >= 15 is 0 Å². The van der Waals surface area contributed by atoms with Gasteiger partial charge in [-0.1, -0.05) is 166 Å². The number of fused-ring (bicyclic) bond motifs is 9. The number of furan rings is 1. The van der Waals surface area contributed by atoms with Crippen LogP contribution >= 0.6 is 11.3 Å². The molecule has 0 aliphatic carbocycles. The highest BCUT2D eigenvalue weighted by atomic mass is 32.1. The highest BCUT2D eigenvalue weighted by Crippen LogP contribution is 2.45. The molecule has 4 heterocycles. The van der Waals surface area contributed by atoms with Gasteiger partial charge < -0.3 is 8.98 Å². The second-order valence-electron chi connectivity index (χ2n) is 18.5. The maximum atomic E-state index is 6.72. The van der Waals surface area contributed by atoms with Crippen molar-refractivity contribution in [2.75, 3.05) is 0 Å². The lowest BCUT2D eigenvalue weighted by Crippen LogP contribution is -2.18. The normalized spacial score (nSPS) is 18.2. The summed E-state index contributed by atoms with van der Waals surface area (Å²) in [6, 6.07) is 75.0. The number of aromatic nitrogens is 1. The van der Waals surface area contributed by atoms with Crippen molar-refractivity contribution >= 4 is 92.2 Å². The molecule has 0 saturated heterocycles. The lowest BCUT2D eigenvalue weighted by atomic mass is 9.80. The van der Waals surface area contributed by atoms with Crippen LogP contribution in [-0.4, -0.2) is 10.3 Å². The summed E-state index contributed by atoms with van der Waals surface area (Å²) < 4.78 is 11.6. The number of hydrogen-bond acceptors (Lipinski definition) is 3. The first-order valence-corrected chi connectivity index (χ1v) is 24.9. The number of benzene rings is 9. The van der Waals surface area contributed by atoms with E-state index in [9.17, 15) is 0 Å². The summed E-state index contributed by atoms with van der Waals surface area (Å²) in [6.07, 6.45) is 3.42. The number of nitrogens with zero attached hydrogens (tertiary/aromatic N) is 2. The minimum atomic E-state index is 0.0682. The van der Waals surface area contributed by atoms with Crippen LogP contribution in [0.5, 0.6) is 0 Å². The molecule has 2 unspecified atom stereocenters. The standard InChI is InChI=1S/C65H48N2OS/c1-4-42-36-54(44-20-10-6-11-21-44)40(2)41(3)64(47-31-33-51-59(38-47)68-58-28-16-25-49(62(51)58)43-18-8-5-9-19-43)66-65(42)53-26-17-29-60-63(53)52-34-30-46(39-61(52)69-60)45-32-35-57-55(37-45)50-24-14-15-27-56(50)67(57)48-22-12-7-13-23-48/h5-40,42H,4H2,1-3H3/b54-36+,64-41-,66-65+. The van der Waals surface area contributed by atoms with Crippen molar-refractivity contribution in [3.63, 3.8) is 0 Å². The highest BCUT2D eigenvalue weighted by molar-refractivity contribution is 7.26. The molecule has 0 saturated carbocycles. The van der Waals surface area contributed by atoms with Gasteiger partial charge in [0.1, 0.15) is 11.2 Å². The third-order valence-corrected chi connectivity index (χ3v) is 15.8. The van der Waals surface area contributed by atoms with Crippen molar-refractivity contribution in [2.45, 2.75) is 27.2 Å². The van der Waals surface area contributed by atoms with Crippen molar-refractivity contribution in [1.82, 2.24) is 4.57 Å². The van der Waals surface area contributed by atoms with E-state index in [1.807, 2.05) is 11.3 Å². The smallest absolute Gasteiger partial charge is 0.136 e. The number of aliphatic imine (C=N–C) groups is 1. The summed E-state index contributed by atoms with van der Waals surface area (Å²) in [5.74, 6) is 0.196. The van der Waals surface area contributed by atoms with E-state index in [2.05, 4.69) is 238 Å². The zero-order valence-electron chi connectivity index (χ0n) is 38.8. The Kier molecular flexibility index (Phi) is 9.92. The molecule has 0 amide bonds. The Hall–Kier alpha value is -8.05. The van der Waals surface area contributed by atoms with E-state index in [-0.39, 0.29) is 11.8 Å². The Morgan fingerprint density at radius 3 is 1.99 bits per heavy atom. The molecule has 0 fully saturated rings. The van der Waals surface area contributed by atoms with Gasteiger partial charge in [-0.2, -0.15) is 0 Å². The maximum absolute atomic E-state index is 6.72. The molecule has 330 valence electrons. The third-order valence-electron chi connectivity index (χ3n) is 14.6. The summed E-state index contributed by atoms with van der Waals surface area (Å²) >= 11 is 1.87. The van der Waals surface area contributed by atoms with Gasteiger partial charge in [0.15, 0.2) is 0 Å². The topological polar surface area (TPSA) is 30.4 Å². The van der Waals surface area contributed by atoms with E-state index in [1.54, 1.807) is 0 Å². The van der Waals surface area contributed by atoms with Crippen LogP contribution in [0, 0.1) is 11.8 Å². The van der Waals surface area contributed by atoms with Crippen molar-refractivity contribution in [1.29, 1.82) is 0 Å². The van der Waals surface area contributed by atoms with Gasteiger partial charge in [-0.05, 0) is 113 Å². The van der Waals surface area contributed by atoms with Crippen molar-refractivity contribution in [3.8, 4) is 27.9 Å². The number of allylic oxidation sites excluding steroid dienone is 3. The summed E-state index contributed by atoms with van der Waals surface area (Å²) in [4.78, 5) is 5.91. The molecule has 0 spiro atoms. The largest absolute Gasteiger partial charge is 0.456 e. The monoisotopic (exact) mass is 904 g/mol. The Bertz CT molecular complexity index is 4070. The van der Waals surface area contributed by atoms with Crippen LogP contribution in [0.2, 0.25) is 0 Å². The average molecular weight is 905 g/mol. The first-order chi connectivity index (χ1) is 34.0. The molecular formula is C65H48N2OS. The molecule has 2 atom stereocenters. The lowest BCUT2D eigenvalue weighted by molar-refractivity contribution is 0.669. The van der Waals surface area contributed by atoms with Gasteiger partial charge in [0.2, 0.25) is 0 Å². The summed E-state index contributed by atoms with van der Waals surface area (Å²) in [7, 11) is 0. The van der Waals surface area contributed by atoms with Crippen LogP contribution in [0.1, 0.15) is 43.9 Å². The lowest BCUT2D eigenvalue weighted by Gasteiger charge is -2.27. The molecule has 0 N–H and O–H groups in total. The van der Waals surface area contributed by atoms with E-state index in [0.717, 1.165) is 45.3 Å². The van der Waals surface area contributed by atoms with Crippen molar-refractivity contribution < 1.29 is 4.42 Å². The van der Waals surface area contributed by atoms with Crippen LogP contribution in [0.3, 0.4) is 0 Å². The summed E-state index contributed by atoms with van der Waals surface area (Å²) in [5.41, 5.74) is 18.3. The Morgan fingerprint density at radius 2 is 1.17 bits per heavy atom. The number of thiophene rings is 1. The molecule has 3 aromatic heterocycles. The predicted octanol–water partition coefficient (Wildman–Crippen LogP) is 18.4. The maximum Gasteiger partial charge on any atom is 0.136 e. The second kappa shape index (κ2) is 16.6. The third kappa shape index (κ3) is 6.81. The Labute approximate surface area is 405 Å². The molecule has 0 bridgehead atoms. The Balaban J connectivity index is 0.974. The van der Waals surface area contributed by atoms with Gasteiger partial charge in [-0.25, -0.2) is 0 Å². The number of rotatable bonds is 7. The van der Waals surface area contributed by atoms with Gasteiger partial charge in [-0.3, -0.25) is 4.99 Å². The fourth-order valence-electron chi connectivity index (χ4n) is 11.1. The van der Waals surface area contributed by atoms with E-state index in [4.69, 9.17) is 9.41 Å². The van der Waals surface area contributed by atoms with Crippen LogP contribution < -0.4 is 0 Å². The fourth-order valence-corrected chi connectivity index (χ4v) is 12.2. The first kappa shape index (κ1) is 41.2. The molecule has 4 heteroatoms. The molecule has 3 nitrogen and oxygen atoms in total. The molecule has 12 aromatic rings. The van der Waals surface area contributed by atoms with Crippen molar-refractivity contribution in [2.24, 2.45) is 16.8 Å². The van der Waals surface area contributed by atoms with Gasteiger partial charge in [0.25, 0.3) is 0 Å². The number of hydrogen-bond donors (Lipinski definition) is 0. The number of para-hydroxylation sites is 2. The van der Waals surface area contributed by atoms with Crippen LogP contribution in [-0.2, 0) is 0 Å². The van der Waals surface area contributed by atoms with Gasteiger partial charge in [0, 0.05) is 70.4 Å². The van der Waals surface area contributed by atoms with Crippen LogP contribution in [0.15, 0.2) is 227 Å². The quantitative estimate of drug-likeness (QED) is 0.157. The van der Waals surface area contributed by atoms with E-state index in [1.165, 1.54) is 92.2 Å². The van der Waals surface area contributed by atoms with Crippen LogP contribution in [0.25, 0.3) is 103 Å². The van der Waals surface area contributed by atoms with Gasteiger partial charge in [0.05, 0.1) is 22.4 Å². The first-order valence-electron chi connectivity index (χ1n) is 24.1. The molecule has 1 aliphatic rings. The predicted molar refractivity (Wildman–Crippen MR) is 295 cm³/mol. The van der Waals surface area contributed by atoms with Gasteiger partial charge in [-0.15, -0.1) is 11.3 Å². The molecule has 9 aromatic carbocycles. The zero-order chi connectivity index (χ0) is 46.2. The average Bonchev–Trinajstić information content (AvgIpc) is 4.08. The van der Waals surface area contributed by atoms with Crippen LogP contribution in [0.4, 0.5) is 0 Å². The zero-order valence-corrected chi connectivity index (χ0v) is 39.6. The second-order valence-corrected chi connectivity index (χ2v) is 19.6. The molecule has 0 radical (unpaired) electrons. The Morgan fingerprint density at radius 1 is 0.507 bits per heavy atom. The fraction of sp³-hybridized carbons (Fsp3) is 0.0923. The highest BCUT2D eigenvalue weighted by Gasteiger charge is 2.28. The molecule has 1 aliphatic heterocycles. The SMILES string of the molecule is CCC1/C=C(/c2ccccc2)C(C)/C(C)=C(c2ccc3c(c2)oc2cccc(-c4ccccc4)c23)\N=C/1c1cccc2sc3cc(-c4ccc5c(c4)c4ccccc4n5-c4ccccc4)ccc3c12.